The molecule has 0 aromatic carbocycles. The molecule has 0 bridgehead atoms. The van der Waals surface area contributed by atoms with E-state index in [2.05, 4.69) is 4.98 Å². The van der Waals surface area contributed by atoms with Gasteiger partial charge in [0.15, 0.2) is 0 Å². The number of hydrogen-bond donors (Lipinski definition) is 1. The summed E-state index contributed by atoms with van der Waals surface area (Å²) in [6.45, 7) is 4.08. The van der Waals surface area contributed by atoms with E-state index in [9.17, 15) is 9.90 Å². The Labute approximate surface area is 116 Å². The van der Waals surface area contributed by atoms with Gasteiger partial charge < -0.3 is 14.3 Å². The van der Waals surface area contributed by atoms with Gasteiger partial charge in [0.05, 0.1) is 31.8 Å². The molecular formula is C14H18N2O4. The summed E-state index contributed by atoms with van der Waals surface area (Å²) >= 11 is 0. The fourth-order valence-electron chi connectivity index (χ4n) is 1.78. The molecule has 0 saturated heterocycles. The van der Waals surface area contributed by atoms with Crippen molar-refractivity contribution >= 4 is 0 Å². The largest absolute Gasteiger partial charge is 0.467 e. The quantitative estimate of drug-likeness (QED) is 0.854. The summed E-state index contributed by atoms with van der Waals surface area (Å²) in [5.74, 6) is 0.696. The zero-order valence-electron chi connectivity index (χ0n) is 11.6. The van der Waals surface area contributed by atoms with Crippen LogP contribution in [0.4, 0.5) is 0 Å². The molecule has 2 rings (SSSR count). The molecule has 1 N–H and O–H groups in total. The summed E-state index contributed by atoms with van der Waals surface area (Å²) in [6.07, 6.45) is 2.24. The lowest BCUT2D eigenvalue weighted by atomic mass is 10.2. The Morgan fingerprint density at radius 1 is 1.50 bits per heavy atom. The highest BCUT2D eigenvalue weighted by Crippen LogP contribution is 2.03. The minimum atomic E-state index is -0.772. The van der Waals surface area contributed by atoms with Gasteiger partial charge in [-0.1, -0.05) is 0 Å². The molecule has 0 aliphatic carbocycles. The van der Waals surface area contributed by atoms with E-state index in [1.165, 1.54) is 10.9 Å². The lowest BCUT2D eigenvalue weighted by molar-refractivity contribution is 0.0141. The van der Waals surface area contributed by atoms with Gasteiger partial charge in [-0.2, -0.15) is 0 Å². The molecule has 2 heterocycles. The molecule has 2 aromatic heterocycles. The Bertz CT molecular complexity index is 604. The Morgan fingerprint density at radius 3 is 3.00 bits per heavy atom. The van der Waals surface area contributed by atoms with E-state index in [4.69, 9.17) is 9.15 Å². The summed E-state index contributed by atoms with van der Waals surface area (Å²) in [7, 11) is 0. The summed E-state index contributed by atoms with van der Waals surface area (Å²) in [6, 6.07) is 3.57. The van der Waals surface area contributed by atoms with E-state index < -0.39 is 6.10 Å². The average molecular weight is 278 g/mol. The number of aliphatic hydroxyl groups is 1. The van der Waals surface area contributed by atoms with Crippen molar-refractivity contribution in [3.8, 4) is 0 Å². The topological polar surface area (TPSA) is 77.5 Å². The Balaban J connectivity index is 1.87. The molecule has 2 aromatic rings. The number of aryl methyl sites for hydroxylation is 1. The summed E-state index contributed by atoms with van der Waals surface area (Å²) in [4.78, 5) is 16.1. The molecule has 108 valence electrons. The van der Waals surface area contributed by atoms with Gasteiger partial charge in [0, 0.05) is 11.3 Å². The van der Waals surface area contributed by atoms with Gasteiger partial charge >= 0.3 is 0 Å². The predicted octanol–water partition coefficient (Wildman–Crippen LogP) is 1.03. The zero-order chi connectivity index (χ0) is 14.5. The lowest BCUT2D eigenvalue weighted by Gasteiger charge is -2.13. The van der Waals surface area contributed by atoms with Gasteiger partial charge in [-0.15, -0.1) is 0 Å². The van der Waals surface area contributed by atoms with E-state index in [0.717, 1.165) is 0 Å². The molecule has 0 fully saturated rings. The van der Waals surface area contributed by atoms with Crippen LogP contribution in [-0.4, -0.2) is 27.4 Å². The molecule has 0 radical (unpaired) electrons. The highest BCUT2D eigenvalue weighted by molar-refractivity contribution is 5.12. The SMILES string of the molecule is Cc1ncn(CC(O)COCc2ccco2)c(=O)c1C. The third-order valence-electron chi connectivity index (χ3n) is 3.06. The van der Waals surface area contributed by atoms with E-state index in [-0.39, 0.29) is 18.7 Å². The molecule has 0 aliphatic rings. The Hall–Kier alpha value is -1.92. The smallest absolute Gasteiger partial charge is 0.256 e. The fourth-order valence-corrected chi connectivity index (χ4v) is 1.78. The molecule has 1 unspecified atom stereocenters. The first-order chi connectivity index (χ1) is 9.58. The molecule has 20 heavy (non-hydrogen) atoms. The molecule has 6 nitrogen and oxygen atoms in total. The second-order valence-electron chi connectivity index (χ2n) is 4.66. The van der Waals surface area contributed by atoms with Gasteiger partial charge in [-0.05, 0) is 26.0 Å². The van der Waals surface area contributed by atoms with E-state index in [1.54, 1.807) is 32.2 Å². The van der Waals surface area contributed by atoms with Gasteiger partial charge in [-0.3, -0.25) is 9.36 Å². The zero-order valence-corrected chi connectivity index (χ0v) is 11.6. The van der Waals surface area contributed by atoms with Crippen LogP contribution in [0, 0.1) is 13.8 Å². The van der Waals surface area contributed by atoms with E-state index in [0.29, 0.717) is 23.6 Å². The third kappa shape index (κ3) is 3.55. The number of furan rings is 1. The van der Waals surface area contributed by atoms with Crippen molar-refractivity contribution in [1.82, 2.24) is 9.55 Å². The molecular weight excluding hydrogens is 260 g/mol. The molecule has 0 spiro atoms. The second kappa shape index (κ2) is 6.49. The van der Waals surface area contributed by atoms with Crippen molar-refractivity contribution in [3.63, 3.8) is 0 Å². The summed E-state index contributed by atoms with van der Waals surface area (Å²) < 4.78 is 11.8. The van der Waals surface area contributed by atoms with Crippen molar-refractivity contribution in [3.05, 3.63) is 52.1 Å². The van der Waals surface area contributed by atoms with Gasteiger partial charge in [0.25, 0.3) is 5.56 Å². The van der Waals surface area contributed by atoms with Gasteiger partial charge in [-0.25, -0.2) is 4.98 Å². The first-order valence-corrected chi connectivity index (χ1v) is 6.38. The van der Waals surface area contributed by atoms with Crippen LogP contribution in [0.2, 0.25) is 0 Å². The van der Waals surface area contributed by atoms with Crippen LogP contribution in [-0.2, 0) is 17.9 Å². The number of aliphatic hydroxyl groups excluding tert-OH is 1. The minimum absolute atomic E-state index is 0.125. The highest BCUT2D eigenvalue weighted by atomic mass is 16.5. The highest BCUT2D eigenvalue weighted by Gasteiger charge is 2.10. The standard InChI is InChI=1S/C14H18N2O4/c1-10-11(2)15-9-16(14(10)18)6-12(17)7-19-8-13-4-3-5-20-13/h3-5,9,12,17H,6-8H2,1-2H3. The van der Waals surface area contributed by atoms with Crippen molar-refractivity contribution < 1.29 is 14.3 Å². The Kier molecular flexibility index (Phi) is 4.70. The van der Waals surface area contributed by atoms with Crippen LogP contribution < -0.4 is 5.56 Å². The van der Waals surface area contributed by atoms with Crippen molar-refractivity contribution in [1.29, 1.82) is 0 Å². The average Bonchev–Trinajstić information content (AvgIpc) is 2.93. The third-order valence-corrected chi connectivity index (χ3v) is 3.06. The van der Waals surface area contributed by atoms with Crippen LogP contribution in [0.3, 0.4) is 0 Å². The minimum Gasteiger partial charge on any atom is -0.467 e. The first-order valence-electron chi connectivity index (χ1n) is 6.38. The maximum Gasteiger partial charge on any atom is 0.256 e. The first kappa shape index (κ1) is 14.5. The molecule has 0 aliphatic heterocycles. The van der Waals surface area contributed by atoms with Crippen molar-refractivity contribution in [2.24, 2.45) is 0 Å². The number of rotatable bonds is 6. The summed E-state index contributed by atoms with van der Waals surface area (Å²) in [5, 5.41) is 9.87. The number of nitrogens with zero attached hydrogens (tertiary/aromatic N) is 2. The predicted molar refractivity (Wildman–Crippen MR) is 72.3 cm³/mol. The van der Waals surface area contributed by atoms with Crippen molar-refractivity contribution in [2.45, 2.75) is 33.1 Å². The van der Waals surface area contributed by atoms with Gasteiger partial charge in [0.2, 0.25) is 0 Å². The lowest BCUT2D eigenvalue weighted by Crippen LogP contribution is -2.31. The van der Waals surface area contributed by atoms with Crippen molar-refractivity contribution in [2.75, 3.05) is 6.61 Å². The van der Waals surface area contributed by atoms with Crippen LogP contribution in [0.1, 0.15) is 17.0 Å². The number of ether oxygens (including phenoxy) is 1. The molecule has 6 heteroatoms. The summed E-state index contributed by atoms with van der Waals surface area (Å²) in [5.41, 5.74) is 1.16. The number of hydrogen-bond acceptors (Lipinski definition) is 5. The maximum absolute atomic E-state index is 11.9. The van der Waals surface area contributed by atoms with Crippen LogP contribution in [0.15, 0.2) is 33.9 Å². The fraction of sp³-hybridized carbons (Fsp3) is 0.429. The maximum atomic E-state index is 11.9. The van der Waals surface area contributed by atoms with Crippen LogP contribution in [0.25, 0.3) is 0 Å². The molecule has 0 saturated carbocycles. The monoisotopic (exact) mass is 278 g/mol. The normalized spacial score (nSPS) is 12.6. The van der Waals surface area contributed by atoms with Crippen LogP contribution in [0.5, 0.6) is 0 Å². The Morgan fingerprint density at radius 2 is 2.30 bits per heavy atom. The second-order valence-corrected chi connectivity index (χ2v) is 4.66. The molecule has 1 atom stereocenters. The number of aromatic nitrogens is 2. The van der Waals surface area contributed by atoms with Gasteiger partial charge in [0.1, 0.15) is 12.4 Å². The van der Waals surface area contributed by atoms with E-state index in [1.807, 2.05) is 0 Å². The van der Waals surface area contributed by atoms with Crippen LogP contribution >= 0.6 is 0 Å². The van der Waals surface area contributed by atoms with E-state index >= 15 is 0 Å². The molecule has 0 amide bonds.